The number of rotatable bonds is 2. The summed E-state index contributed by atoms with van der Waals surface area (Å²) in [7, 11) is 0. The lowest BCUT2D eigenvalue weighted by atomic mass is 10.0. The van der Waals surface area contributed by atoms with Crippen molar-refractivity contribution in [1.29, 1.82) is 0 Å². The molecule has 3 fully saturated rings. The highest BCUT2D eigenvalue weighted by Crippen LogP contribution is 2.22. The van der Waals surface area contributed by atoms with Crippen LogP contribution in [0.3, 0.4) is 0 Å². The van der Waals surface area contributed by atoms with Crippen LogP contribution in [0, 0.1) is 0 Å². The van der Waals surface area contributed by atoms with E-state index in [1.165, 1.54) is 38.8 Å². The minimum Gasteiger partial charge on any atom is -0.340 e. The summed E-state index contributed by atoms with van der Waals surface area (Å²) in [5.41, 5.74) is 0. The monoisotopic (exact) mass is 269 g/mol. The zero-order valence-electron chi connectivity index (χ0n) is 10.9. The summed E-state index contributed by atoms with van der Waals surface area (Å²) in [6.45, 7) is 4.40. The van der Waals surface area contributed by atoms with Gasteiger partial charge in [-0.25, -0.2) is 0 Å². The number of piperidine rings is 1. The summed E-state index contributed by atoms with van der Waals surface area (Å²) < 4.78 is 0. The number of nitrogens with zero attached hydrogens (tertiary/aromatic N) is 2. The molecular weight excluding hydrogens is 246 g/mol. The zero-order valence-corrected chi connectivity index (χ0v) is 11.8. The normalized spacial score (nSPS) is 34.1. The molecule has 0 aromatic heterocycles. The number of nitrogens with one attached hydrogen (secondary N) is 1. The molecule has 0 spiro atoms. The molecule has 18 heavy (non-hydrogen) atoms. The molecule has 0 bridgehead atoms. The summed E-state index contributed by atoms with van der Waals surface area (Å²) in [5.74, 6) is 2.22. The van der Waals surface area contributed by atoms with Gasteiger partial charge in [-0.3, -0.25) is 15.0 Å². The number of thioether (sulfide) groups is 1. The lowest BCUT2D eigenvalue weighted by molar-refractivity contribution is -0.134. The predicted molar refractivity (Wildman–Crippen MR) is 74.7 cm³/mol. The first kappa shape index (κ1) is 12.8. The van der Waals surface area contributed by atoms with Gasteiger partial charge in [0.05, 0.1) is 6.04 Å². The van der Waals surface area contributed by atoms with Crippen molar-refractivity contribution >= 4 is 17.7 Å². The van der Waals surface area contributed by atoms with E-state index in [1.54, 1.807) is 0 Å². The van der Waals surface area contributed by atoms with Crippen LogP contribution in [0.4, 0.5) is 0 Å². The first-order chi connectivity index (χ1) is 8.84. The molecule has 5 heteroatoms. The van der Waals surface area contributed by atoms with Crippen molar-refractivity contribution in [2.75, 3.05) is 37.8 Å². The minimum atomic E-state index is 0.0762. The van der Waals surface area contributed by atoms with Gasteiger partial charge in [0.2, 0.25) is 5.91 Å². The molecule has 3 saturated heterocycles. The summed E-state index contributed by atoms with van der Waals surface area (Å²) >= 11 is 1.83. The molecule has 0 radical (unpaired) electrons. The van der Waals surface area contributed by atoms with E-state index in [0.717, 1.165) is 24.7 Å². The molecule has 3 aliphatic rings. The quantitative estimate of drug-likeness (QED) is 0.802. The summed E-state index contributed by atoms with van der Waals surface area (Å²) in [6, 6.07) is 0.701. The maximum Gasteiger partial charge on any atom is 0.240 e. The Hall–Kier alpha value is -0.260. The Labute approximate surface area is 113 Å². The highest BCUT2D eigenvalue weighted by atomic mass is 32.2. The zero-order chi connectivity index (χ0) is 12.4. The minimum absolute atomic E-state index is 0.0762. The molecular formula is C13H23N3OS. The van der Waals surface area contributed by atoms with Crippen molar-refractivity contribution in [3.63, 3.8) is 0 Å². The molecule has 2 atom stereocenters. The number of likely N-dealkylation sites (tertiary alicyclic amines) is 2. The third-order valence-electron chi connectivity index (χ3n) is 4.38. The van der Waals surface area contributed by atoms with Crippen LogP contribution in [0.15, 0.2) is 0 Å². The fourth-order valence-electron chi connectivity index (χ4n) is 3.33. The van der Waals surface area contributed by atoms with Gasteiger partial charge in [0.15, 0.2) is 0 Å². The number of amides is 1. The Morgan fingerprint density at radius 3 is 2.72 bits per heavy atom. The summed E-state index contributed by atoms with van der Waals surface area (Å²) in [4.78, 5) is 17.1. The average molecular weight is 269 g/mol. The molecule has 0 saturated carbocycles. The molecule has 3 rings (SSSR count). The van der Waals surface area contributed by atoms with Gasteiger partial charge in [-0.2, -0.15) is 0 Å². The fraction of sp³-hybridized carbons (Fsp3) is 0.923. The van der Waals surface area contributed by atoms with Crippen molar-refractivity contribution in [2.45, 2.75) is 37.8 Å². The van der Waals surface area contributed by atoms with Gasteiger partial charge >= 0.3 is 0 Å². The second kappa shape index (κ2) is 5.80. The Balaban J connectivity index is 1.57. The van der Waals surface area contributed by atoms with Crippen LogP contribution in [0.2, 0.25) is 0 Å². The average Bonchev–Trinajstić information content (AvgIpc) is 3.11. The highest BCUT2D eigenvalue weighted by molar-refractivity contribution is 7.99. The van der Waals surface area contributed by atoms with Crippen LogP contribution < -0.4 is 5.32 Å². The van der Waals surface area contributed by atoms with E-state index in [9.17, 15) is 4.79 Å². The molecule has 0 aromatic rings. The summed E-state index contributed by atoms with van der Waals surface area (Å²) in [5, 5.41) is 3.30. The molecule has 102 valence electrons. The van der Waals surface area contributed by atoms with Crippen molar-refractivity contribution in [3.05, 3.63) is 0 Å². The van der Waals surface area contributed by atoms with Crippen LogP contribution in [-0.2, 0) is 4.79 Å². The van der Waals surface area contributed by atoms with Crippen LogP contribution in [0.1, 0.15) is 25.7 Å². The molecule has 4 nitrogen and oxygen atoms in total. The second-order valence-corrected chi connectivity index (χ2v) is 6.63. The summed E-state index contributed by atoms with van der Waals surface area (Å²) in [6.07, 6.45) is 5.12. The maximum atomic E-state index is 12.4. The maximum absolute atomic E-state index is 12.4. The van der Waals surface area contributed by atoms with Crippen molar-refractivity contribution < 1.29 is 4.79 Å². The molecule has 2 unspecified atom stereocenters. The molecule has 1 amide bonds. The first-order valence-electron chi connectivity index (χ1n) is 7.18. The van der Waals surface area contributed by atoms with E-state index in [0.29, 0.717) is 11.9 Å². The van der Waals surface area contributed by atoms with Gasteiger partial charge in [-0.1, -0.05) is 0 Å². The van der Waals surface area contributed by atoms with Crippen LogP contribution in [-0.4, -0.2) is 65.6 Å². The molecule has 3 heterocycles. The van der Waals surface area contributed by atoms with Crippen molar-refractivity contribution in [2.24, 2.45) is 0 Å². The molecule has 3 aliphatic heterocycles. The number of hydrogen-bond acceptors (Lipinski definition) is 4. The van der Waals surface area contributed by atoms with E-state index in [4.69, 9.17) is 0 Å². The Morgan fingerprint density at radius 2 is 2.00 bits per heavy atom. The topological polar surface area (TPSA) is 35.6 Å². The highest BCUT2D eigenvalue weighted by Gasteiger charge is 2.33. The van der Waals surface area contributed by atoms with Gasteiger partial charge in [-0.05, 0) is 38.8 Å². The number of carbonyl (C=O) groups excluding carboxylic acids is 1. The molecule has 0 aromatic carbocycles. The smallest absolute Gasteiger partial charge is 0.240 e. The Bertz CT molecular complexity index is 301. The second-order valence-electron chi connectivity index (χ2n) is 5.60. The lowest BCUT2D eigenvalue weighted by Crippen LogP contribution is -2.53. The van der Waals surface area contributed by atoms with Gasteiger partial charge in [0, 0.05) is 30.8 Å². The standard InChI is InChI=1S/C13H23N3OS/c17-13(12-9-18-10-14-12)16-7-3-4-11(8-16)15-5-1-2-6-15/h11-12,14H,1-10H2. The van der Waals surface area contributed by atoms with Crippen LogP contribution in [0.5, 0.6) is 0 Å². The largest absolute Gasteiger partial charge is 0.340 e. The van der Waals surface area contributed by atoms with Gasteiger partial charge in [0.25, 0.3) is 0 Å². The molecule has 0 aliphatic carbocycles. The van der Waals surface area contributed by atoms with E-state index in [-0.39, 0.29) is 6.04 Å². The van der Waals surface area contributed by atoms with Crippen molar-refractivity contribution in [3.8, 4) is 0 Å². The van der Waals surface area contributed by atoms with E-state index >= 15 is 0 Å². The fourth-order valence-corrected chi connectivity index (χ4v) is 4.27. The first-order valence-corrected chi connectivity index (χ1v) is 8.34. The molecule has 1 N–H and O–H groups in total. The van der Waals surface area contributed by atoms with E-state index in [1.807, 2.05) is 11.8 Å². The number of carbonyl (C=O) groups is 1. The SMILES string of the molecule is O=C(C1CSCN1)N1CCCC(N2CCCC2)C1. The third-order valence-corrected chi connectivity index (χ3v) is 5.32. The van der Waals surface area contributed by atoms with Crippen LogP contribution in [0.25, 0.3) is 0 Å². The van der Waals surface area contributed by atoms with Crippen LogP contribution >= 0.6 is 11.8 Å². The Kier molecular flexibility index (Phi) is 4.11. The third kappa shape index (κ3) is 2.68. The van der Waals surface area contributed by atoms with E-state index < -0.39 is 0 Å². The van der Waals surface area contributed by atoms with Gasteiger partial charge in [-0.15, -0.1) is 11.8 Å². The van der Waals surface area contributed by atoms with Crippen molar-refractivity contribution in [1.82, 2.24) is 15.1 Å². The van der Waals surface area contributed by atoms with Gasteiger partial charge in [0.1, 0.15) is 0 Å². The predicted octanol–water partition coefficient (Wildman–Crippen LogP) is 0.736. The lowest BCUT2D eigenvalue weighted by Gasteiger charge is -2.38. The number of hydrogen-bond donors (Lipinski definition) is 1. The van der Waals surface area contributed by atoms with E-state index in [2.05, 4.69) is 15.1 Å². The Morgan fingerprint density at radius 1 is 1.17 bits per heavy atom. The van der Waals surface area contributed by atoms with Gasteiger partial charge < -0.3 is 4.90 Å².